The third kappa shape index (κ3) is 3.56. The smallest absolute Gasteiger partial charge is 0.0245 e. The highest BCUT2D eigenvalue weighted by molar-refractivity contribution is 5.43. The van der Waals surface area contributed by atoms with Crippen LogP contribution in [-0.4, -0.2) is 24.0 Å². The van der Waals surface area contributed by atoms with E-state index >= 15 is 0 Å². The molecule has 4 aliphatic rings. The van der Waals surface area contributed by atoms with Crippen LogP contribution in [0.15, 0.2) is 48.5 Å². The van der Waals surface area contributed by atoms with Crippen LogP contribution in [0.4, 0.5) is 0 Å². The van der Waals surface area contributed by atoms with Gasteiger partial charge in [0, 0.05) is 11.5 Å². The van der Waals surface area contributed by atoms with Crippen molar-refractivity contribution in [1.82, 2.24) is 4.90 Å². The van der Waals surface area contributed by atoms with Crippen LogP contribution in [0.1, 0.15) is 73.6 Å². The Morgan fingerprint density at radius 3 is 1.72 bits per heavy atom. The summed E-state index contributed by atoms with van der Waals surface area (Å²) in [5, 5.41) is 0. The Labute approximate surface area is 177 Å². The zero-order valence-electron chi connectivity index (χ0n) is 18.4. The second-order valence-corrected chi connectivity index (χ2v) is 10.3. The van der Waals surface area contributed by atoms with Gasteiger partial charge in [0.1, 0.15) is 0 Å². The van der Waals surface area contributed by atoms with Crippen LogP contribution in [-0.2, 0) is 5.41 Å². The van der Waals surface area contributed by atoms with Crippen molar-refractivity contribution in [3.8, 4) is 0 Å². The van der Waals surface area contributed by atoms with Crippen LogP contribution in [0.3, 0.4) is 0 Å². The molecule has 0 amide bonds. The van der Waals surface area contributed by atoms with E-state index in [4.69, 9.17) is 0 Å². The van der Waals surface area contributed by atoms with Crippen LogP contribution in [0, 0.1) is 25.7 Å². The van der Waals surface area contributed by atoms with Crippen LogP contribution < -0.4 is 0 Å². The highest BCUT2D eigenvalue weighted by Crippen LogP contribution is 2.52. The van der Waals surface area contributed by atoms with E-state index in [2.05, 4.69) is 67.3 Å². The van der Waals surface area contributed by atoms with Gasteiger partial charge in [-0.2, -0.15) is 0 Å². The minimum atomic E-state index is 0.167. The SMILES string of the molecule is Cc1ccc(C(CC2CC3CCN2CC3)(c2ccc(C)cc2)C2CCCC2)cc1. The first-order chi connectivity index (χ1) is 14.1. The van der Waals surface area contributed by atoms with Crippen LogP contribution in [0.5, 0.6) is 0 Å². The minimum absolute atomic E-state index is 0.167. The van der Waals surface area contributed by atoms with Crippen molar-refractivity contribution in [2.24, 2.45) is 11.8 Å². The molecule has 6 rings (SSSR count). The lowest BCUT2D eigenvalue weighted by Crippen LogP contribution is -2.52. The Morgan fingerprint density at radius 2 is 1.28 bits per heavy atom. The fraction of sp³-hybridized carbons (Fsp3) is 0.571. The number of piperidine rings is 3. The second-order valence-electron chi connectivity index (χ2n) is 10.3. The molecule has 0 N–H and O–H groups in total. The molecule has 3 saturated heterocycles. The molecule has 1 aliphatic carbocycles. The second kappa shape index (κ2) is 7.91. The van der Waals surface area contributed by atoms with Gasteiger partial charge in [-0.1, -0.05) is 72.5 Å². The van der Waals surface area contributed by atoms with Gasteiger partial charge in [0.2, 0.25) is 0 Å². The fourth-order valence-corrected chi connectivity index (χ4v) is 6.83. The number of hydrogen-bond acceptors (Lipinski definition) is 1. The summed E-state index contributed by atoms with van der Waals surface area (Å²) < 4.78 is 0. The Morgan fingerprint density at radius 1 is 0.759 bits per heavy atom. The number of rotatable bonds is 5. The first-order valence-electron chi connectivity index (χ1n) is 12.0. The molecule has 2 aromatic carbocycles. The molecule has 154 valence electrons. The lowest BCUT2D eigenvalue weighted by atomic mass is 9.60. The zero-order chi connectivity index (χ0) is 19.8. The third-order valence-electron chi connectivity index (χ3n) is 8.51. The molecule has 1 unspecified atom stereocenters. The highest BCUT2D eigenvalue weighted by Gasteiger charge is 2.47. The monoisotopic (exact) mass is 387 g/mol. The summed E-state index contributed by atoms with van der Waals surface area (Å²) in [6.07, 6.45) is 11.2. The Balaban J connectivity index is 1.62. The van der Waals surface area contributed by atoms with E-state index in [0.29, 0.717) is 0 Å². The lowest BCUT2D eigenvalue weighted by molar-refractivity contribution is 0.0293. The van der Waals surface area contributed by atoms with E-state index in [1.165, 1.54) is 75.6 Å². The molecule has 0 radical (unpaired) electrons. The number of aryl methyl sites for hydroxylation is 2. The summed E-state index contributed by atoms with van der Waals surface area (Å²) in [5.74, 6) is 1.75. The summed E-state index contributed by atoms with van der Waals surface area (Å²) in [6, 6.07) is 20.0. The largest absolute Gasteiger partial charge is 0.300 e. The molecule has 1 atom stereocenters. The van der Waals surface area contributed by atoms with E-state index in [-0.39, 0.29) is 5.41 Å². The zero-order valence-corrected chi connectivity index (χ0v) is 18.4. The summed E-state index contributed by atoms with van der Waals surface area (Å²) >= 11 is 0. The lowest BCUT2D eigenvalue weighted by Gasteiger charge is -2.51. The van der Waals surface area contributed by atoms with Gasteiger partial charge in [-0.3, -0.25) is 0 Å². The van der Waals surface area contributed by atoms with Gasteiger partial charge < -0.3 is 4.90 Å². The van der Waals surface area contributed by atoms with Crippen LogP contribution in [0.2, 0.25) is 0 Å². The average Bonchev–Trinajstić information content (AvgIpc) is 3.30. The van der Waals surface area contributed by atoms with E-state index < -0.39 is 0 Å². The number of hydrogen-bond donors (Lipinski definition) is 0. The average molecular weight is 388 g/mol. The number of nitrogens with zero attached hydrogens (tertiary/aromatic N) is 1. The molecule has 4 fully saturated rings. The van der Waals surface area contributed by atoms with Crippen molar-refractivity contribution >= 4 is 0 Å². The van der Waals surface area contributed by atoms with E-state index in [0.717, 1.165) is 17.9 Å². The molecule has 29 heavy (non-hydrogen) atoms. The Kier molecular flexibility index (Phi) is 5.28. The third-order valence-corrected chi connectivity index (χ3v) is 8.51. The summed E-state index contributed by atoms with van der Waals surface area (Å²) in [4.78, 5) is 2.84. The van der Waals surface area contributed by atoms with Gasteiger partial charge in [-0.25, -0.2) is 0 Å². The minimum Gasteiger partial charge on any atom is -0.300 e. The molecule has 3 aliphatic heterocycles. The summed E-state index contributed by atoms with van der Waals surface area (Å²) in [5.41, 5.74) is 6.06. The van der Waals surface area contributed by atoms with Crippen LogP contribution in [0.25, 0.3) is 0 Å². The predicted octanol–water partition coefficient (Wildman–Crippen LogP) is 6.65. The van der Waals surface area contributed by atoms with Crippen LogP contribution >= 0.6 is 0 Å². The molecular weight excluding hydrogens is 350 g/mol. The van der Waals surface area contributed by atoms with Gasteiger partial charge in [-0.15, -0.1) is 0 Å². The van der Waals surface area contributed by atoms with Gasteiger partial charge in [-0.05, 0) is 88.4 Å². The maximum absolute atomic E-state index is 2.84. The summed E-state index contributed by atoms with van der Waals surface area (Å²) in [6.45, 7) is 7.10. The Hall–Kier alpha value is -1.60. The van der Waals surface area contributed by atoms with E-state index in [1.54, 1.807) is 11.1 Å². The fourth-order valence-electron chi connectivity index (χ4n) is 6.83. The standard InChI is InChI=1S/C28H37N/c1-21-7-11-25(12-8-21)28(24-5-3-4-6-24,26-13-9-22(2)10-14-26)20-27-19-23-15-17-29(27)18-16-23/h7-14,23-24,27H,3-6,15-20H2,1-2H3. The maximum Gasteiger partial charge on any atom is 0.0245 e. The van der Waals surface area contributed by atoms with Gasteiger partial charge >= 0.3 is 0 Å². The molecule has 0 spiro atoms. The van der Waals surface area contributed by atoms with Crippen molar-refractivity contribution in [2.75, 3.05) is 13.1 Å². The number of benzene rings is 2. The molecule has 3 heterocycles. The molecule has 0 aromatic heterocycles. The molecule has 2 bridgehead atoms. The van der Waals surface area contributed by atoms with Crippen molar-refractivity contribution in [3.05, 3.63) is 70.8 Å². The first-order valence-corrected chi connectivity index (χ1v) is 12.0. The molecule has 1 nitrogen and oxygen atoms in total. The van der Waals surface area contributed by atoms with Gasteiger partial charge in [0.05, 0.1) is 0 Å². The quantitative estimate of drug-likeness (QED) is 0.555. The molecule has 1 heteroatoms. The Bertz CT molecular complexity index is 759. The molecule has 2 aromatic rings. The van der Waals surface area contributed by atoms with E-state index in [1.807, 2.05) is 0 Å². The first kappa shape index (κ1) is 19.4. The normalized spacial score (nSPS) is 27.4. The van der Waals surface area contributed by atoms with Crippen molar-refractivity contribution in [2.45, 2.75) is 76.7 Å². The number of fused-ring (bicyclic) bond motifs is 3. The van der Waals surface area contributed by atoms with Gasteiger partial charge in [0.25, 0.3) is 0 Å². The topological polar surface area (TPSA) is 3.24 Å². The van der Waals surface area contributed by atoms with Crippen molar-refractivity contribution in [3.63, 3.8) is 0 Å². The van der Waals surface area contributed by atoms with Crippen molar-refractivity contribution in [1.29, 1.82) is 0 Å². The summed E-state index contributed by atoms with van der Waals surface area (Å²) in [7, 11) is 0. The molecular formula is C28H37N. The molecule has 1 saturated carbocycles. The predicted molar refractivity (Wildman–Crippen MR) is 122 cm³/mol. The van der Waals surface area contributed by atoms with Gasteiger partial charge in [0.15, 0.2) is 0 Å². The highest BCUT2D eigenvalue weighted by atomic mass is 15.2. The maximum atomic E-state index is 2.84. The van der Waals surface area contributed by atoms with Crippen molar-refractivity contribution < 1.29 is 0 Å². The van der Waals surface area contributed by atoms with E-state index in [9.17, 15) is 0 Å².